The highest BCUT2D eigenvalue weighted by Crippen LogP contribution is 2.37. The summed E-state index contributed by atoms with van der Waals surface area (Å²) in [5, 5.41) is 9.17. The number of anilines is 4. The van der Waals surface area contributed by atoms with Gasteiger partial charge in [0.1, 0.15) is 5.82 Å². The molecule has 0 amide bonds. The Bertz CT molecular complexity index is 1290. The Labute approximate surface area is 192 Å². The first kappa shape index (κ1) is 22.0. The fraction of sp³-hybridized carbons (Fsp3) is 0.217. The molecule has 2 aromatic heterocycles. The average molecular weight is 468 g/mol. The Morgan fingerprint density at radius 2 is 1.78 bits per heavy atom. The van der Waals surface area contributed by atoms with Gasteiger partial charge in [0.05, 0.1) is 16.8 Å². The third-order valence-corrected chi connectivity index (χ3v) is 7.26. The summed E-state index contributed by atoms with van der Waals surface area (Å²) < 4.78 is 27.9. The van der Waals surface area contributed by atoms with Gasteiger partial charge in [0, 0.05) is 23.3 Å². The number of benzene rings is 2. The van der Waals surface area contributed by atoms with Gasteiger partial charge in [-0.25, -0.2) is 13.4 Å². The third-order valence-electron chi connectivity index (χ3n) is 5.09. The van der Waals surface area contributed by atoms with Gasteiger partial charge in [0.25, 0.3) is 10.0 Å². The van der Waals surface area contributed by atoms with Gasteiger partial charge in [0.2, 0.25) is 0 Å². The molecule has 2 heterocycles. The van der Waals surface area contributed by atoms with Gasteiger partial charge in [-0.2, -0.15) is 5.10 Å². The summed E-state index contributed by atoms with van der Waals surface area (Å²) in [5.41, 5.74) is 4.20. The van der Waals surface area contributed by atoms with Gasteiger partial charge < -0.3 is 0 Å². The van der Waals surface area contributed by atoms with Crippen molar-refractivity contribution >= 4 is 43.7 Å². The number of aromatic amines is 1. The van der Waals surface area contributed by atoms with E-state index in [0.29, 0.717) is 5.13 Å². The van der Waals surface area contributed by atoms with E-state index in [2.05, 4.69) is 65.8 Å². The van der Waals surface area contributed by atoms with E-state index in [9.17, 15) is 8.42 Å². The van der Waals surface area contributed by atoms with Gasteiger partial charge in [-0.05, 0) is 53.8 Å². The molecule has 0 atom stereocenters. The molecule has 0 bridgehead atoms. The minimum atomic E-state index is -3.72. The first-order valence-corrected chi connectivity index (χ1v) is 12.4. The molecule has 0 saturated heterocycles. The van der Waals surface area contributed by atoms with Gasteiger partial charge in [-0.1, -0.05) is 32.9 Å². The molecule has 4 rings (SSSR count). The number of hydrogen-bond donors (Lipinski definition) is 2. The van der Waals surface area contributed by atoms with Crippen molar-refractivity contribution in [3.63, 3.8) is 0 Å². The van der Waals surface area contributed by atoms with Crippen molar-refractivity contribution in [2.24, 2.45) is 0 Å². The number of hydrogen-bond acceptors (Lipinski definition) is 6. The zero-order chi connectivity index (χ0) is 22.9. The predicted octanol–water partition coefficient (Wildman–Crippen LogP) is 5.74. The molecular formula is C23H25N5O2S2. The van der Waals surface area contributed by atoms with Gasteiger partial charge in [0.15, 0.2) is 5.13 Å². The lowest BCUT2D eigenvalue weighted by molar-refractivity contribution is 0.590. The van der Waals surface area contributed by atoms with E-state index < -0.39 is 10.0 Å². The fourth-order valence-electron chi connectivity index (χ4n) is 3.38. The molecule has 0 aliphatic carbocycles. The quantitative estimate of drug-likeness (QED) is 0.377. The highest BCUT2D eigenvalue weighted by Gasteiger charge is 2.21. The molecule has 2 aromatic carbocycles. The van der Waals surface area contributed by atoms with E-state index >= 15 is 0 Å². The molecule has 9 heteroatoms. The van der Waals surface area contributed by atoms with Crippen molar-refractivity contribution < 1.29 is 8.42 Å². The Kier molecular flexibility index (Phi) is 5.79. The van der Waals surface area contributed by atoms with Crippen molar-refractivity contribution in [1.29, 1.82) is 0 Å². The largest absolute Gasteiger partial charge is 0.295 e. The summed E-state index contributed by atoms with van der Waals surface area (Å²) >= 11 is 1.23. The van der Waals surface area contributed by atoms with Crippen LogP contribution in [0.4, 0.5) is 22.3 Å². The number of nitrogens with one attached hydrogen (secondary N) is 2. The highest BCUT2D eigenvalue weighted by molar-refractivity contribution is 7.93. The predicted molar refractivity (Wildman–Crippen MR) is 130 cm³/mol. The second-order valence-electron chi connectivity index (χ2n) is 8.47. The first-order valence-electron chi connectivity index (χ1n) is 10.1. The smallest absolute Gasteiger partial charge is 0.263 e. The summed E-state index contributed by atoms with van der Waals surface area (Å²) in [4.78, 5) is 6.18. The second kappa shape index (κ2) is 8.40. The minimum absolute atomic E-state index is 0.0442. The van der Waals surface area contributed by atoms with E-state index in [0.717, 1.165) is 22.8 Å². The monoisotopic (exact) mass is 467 g/mol. The van der Waals surface area contributed by atoms with E-state index in [1.54, 1.807) is 42.0 Å². The molecule has 32 heavy (non-hydrogen) atoms. The van der Waals surface area contributed by atoms with Crippen LogP contribution in [0.1, 0.15) is 31.9 Å². The molecule has 0 radical (unpaired) electrons. The standard InChI is InChI=1S/C23H25N5O2S2/c1-16-15-17(23(2,3)4)5-10-20(16)28(21-11-12-25-26-21)18-6-8-19(9-7-18)32(29,30)27-22-24-13-14-31-22/h5-15H,1-4H3,(H,24,27)(H,25,26). The summed E-state index contributed by atoms with van der Waals surface area (Å²) in [5.74, 6) is 0.785. The number of rotatable bonds is 6. The molecular weight excluding hydrogens is 442 g/mol. The Balaban J connectivity index is 1.71. The lowest BCUT2D eigenvalue weighted by Gasteiger charge is -2.27. The Morgan fingerprint density at radius 1 is 1.03 bits per heavy atom. The highest BCUT2D eigenvalue weighted by atomic mass is 32.2. The maximum atomic E-state index is 12.7. The van der Waals surface area contributed by atoms with Crippen LogP contribution in [0.3, 0.4) is 0 Å². The number of aryl methyl sites for hydroxylation is 1. The van der Waals surface area contributed by atoms with Crippen molar-refractivity contribution in [3.8, 4) is 0 Å². The molecule has 0 spiro atoms. The van der Waals surface area contributed by atoms with Crippen molar-refractivity contribution in [1.82, 2.24) is 15.2 Å². The number of nitrogens with zero attached hydrogens (tertiary/aromatic N) is 3. The van der Waals surface area contributed by atoms with Crippen LogP contribution >= 0.6 is 11.3 Å². The number of H-pyrrole nitrogens is 1. The van der Waals surface area contributed by atoms with E-state index in [1.165, 1.54) is 16.9 Å². The van der Waals surface area contributed by atoms with Crippen LogP contribution in [0.25, 0.3) is 0 Å². The lowest BCUT2D eigenvalue weighted by Crippen LogP contribution is -2.16. The summed E-state index contributed by atoms with van der Waals surface area (Å²) in [6, 6.07) is 15.0. The molecule has 4 aromatic rings. The van der Waals surface area contributed by atoms with Crippen LogP contribution in [-0.4, -0.2) is 23.6 Å². The molecule has 0 saturated carbocycles. The summed E-state index contributed by atoms with van der Waals surface area (Å²) in [7, 11) is -3.72. The van der Waals surface area contributed by atoms with Crippen molar-refractivity contribution in [3.05, 3.63) is 77.4 Å². The SMILES string of the molecule is Cc1cc(C(C)(C)C)ccc1N(c1ccc(S(=O)(=O)Nc2nccs2)cc1)c1ccn[nH]1. The van der Waals surface area contributed by atoms with Crippen LogP contribution in [0.5, 0.6) is 0 Å². The Hall–Kier alpha value is -3.17. The van der Waals surface area contributed by atoms with Gasteiger partial charge in [-0.15, -0.1) is 11.3 Å². The zero-order valence-corrected chi connectivity index (χ0v) is 20.0. The normalized spacial score (nSPS) is 12.0. The second-order valence-corrected chi connectivity index (χ2v) is 11.0. The maximum Gasteiger partial charge on any atom is 0.263 e. The third kappa shape index (κ3) is 4.53. The van der Waals surface area contributed by atoms with Crippen LogP contribution in [0, 0.1) is 6.92 Å². The molecule has 0 fully saturated rings. The topological polar surface area (TPSA) is 91.0 Å². The Morgan fingerprint density at radius 3 is 2.34 bits per heavy atom. The number of thiazole rings is 1. The average Bonchev–Trinajstić information content (AvgIpc) is 3.43. The number of sulfonamides is 1. The molecule has 0 unspecified atom stereocenters. The fourth-order valence-corrected chi connectivity index (χ4v) is 5.16. The lowest BCUT2D eigenvalue weighted by atomic mass is 9.86. The van der Waals surface area contributed by atoms with Crippen LogP contribution in [-0.2, 0) is 15.4 Å². The van der Waals surface area contributed by atoms with Gasteiger partial charge in [-0.3, -0.25) is 14.7 Å². The molecule has 2 N–H and O–H groups in total. The van der Waals surface area contributed by atoms with E-state index in [-0.39, 0.29) is 10.3 Å². The van der Waals surface area contributed by atoms with E-state index in [1.807, 2.05) is 11.0 Å². The molecule has 7 nitrogen and oxygen atoms in total. The summed E-state index contributed by atoms with van der Waals surface area (Å²) in [6.45, 7) is 8.64. The summed E-state index contributed by atoms with van der Waals surface area (Å²) in [6.07, 6.45) is 3.25. The number of aromatic nitrogens is 3. The molecule has 0 aliphatic heterocycles. The van der Waals surface area contributed by atoms with Crippen LogP contribution in [0.2, 0.25) is 0 Å². The molecule has 166 valence electrons. The molecule has 0 aliphatic rings. The van der Waals surface area contributed by atoms with Crippen LogP contribution < -0.4 is 9.62 Å². The first-order chi connectivity index (χ1) is 15.1. The van der Waals surface area contributed by atoms with Gasteiger partial charge >= 0.3 is 0 Å². The van der Waals surface area contributed by atoms with Crippen molar-refractivity contribution in [2.45, 2.75) is 38.0 Å². The zero-order valence-electron chi connectivity index (χ0n) is 18.3. The maximum absolute atomic E-state index is 12.7. The van der Waals surface area contributed by atoms with E-state index in [4.69, 9.17) is 0 Å². The minimum Gasteiger partial charge on any atom is -0.295 e. The van der Waals surface area contributed by atoms with Crippen molar-refractivity contribution in [2.75, 3.05) is 9.62 Å². The van der Waals surface area contributed by atoms with Crippen LogP contribution in [0.15, 0.2) is 71.2 Å².